The number of hydrogen-bond acceptors (Lipinski definition) is 3. The molecule has 1 aromatic heterocycles. The predicted molar refractivity (Wildman–Crippen MR) is 86.6 cm³/mol. The zero-order valence-electron chi connectivity index (χ0n) is 12.5. The Bertz CT molecular complexity index is 562. The maximum atomic E-state index is 12.0. The van der Waals surface area contributed by atoms with Crippen LogP contribution in [0.2, 0.25) is 0 Å². The number of rotatable bonds is 6. The fraction of sp³-hybridized carbons (Fsp3) is 0.294. The highest BCUT2D eigenvalue weighted by Crippen LogP contribution is 2.17. The molecule has 0 saturated carbocycles. The monoisotopic (exact) mass is 283 g/mol. The van der Waals surface area contributed by atoms with Gasteiger partial charge in [-0.2, -0.15) is 0 Å². The van der Waals surface area contributed by atoms with E-state index in [1.54, 1.807) is 6.20 Å². The van der Waals surface area contributed by atoms with Crippen molar-refractivity contribution in [2.45, 2.75) is 20.3 Å². The van der Waals surface area contributed by atoms with E-state index in [0.29, 0.717) is 6.42 Å². The van der Waals surface area contributed by atoms with Crippen LogP contribution in [0.15, 0.2) is 48.7 Å². The van der Waals surface area contributed by atoms with Gasteiger partial charge in [0, 0.05) is 36.4 Å². The lowest BCUT2D eigenvalue weighted by atomic mass is 10.2. The third-order valence-corrected chi connectivity index (χ3v) is 3.35. The van der Waals surface area contributed by atoms with Gasteiger partial charge in [-0.1, -0.05) is 6.07 Å². The van der Waals surface area contributed by atoms with E-state index in [0.717, 1.165) is 24.5 Å². The lowest BCUT2D eigenvalue weighted by Crippen LogP contribution is -2.21. The van der Waals surface area contributed by atoms with Crippen molar-refractivity contribution in [1.29, 1.82) is 0 Å². The number of amides is 1. The molecule has 0 atom stereocenters. The van der Waals surface area contributed by atoms with Crippen LogP contribution in [0.5, 0.6) is 0 Å². The molecule has 1 amide bonds. The van der Waals surface area contributed by atoms with Crippen molar-refractivity contribution in [1.82, 2.24) is 4.98 Å². The van der Waals surface area contributed by atoms with Crippen molar-refractivity contribution in [3.05, 3.63) is 54.4 Å². The van der Waals surface area contributed by atoms with Crippen LogP contribution >= 0.6 is 0 Å². The molecule has 0 fully saturated rings. The summed E-state index contributed by atoms with van der Waals surface area (Å²) in [6.07, 6.45) is 1.99. The van der Waals surface area contributed by atoms with Crippen molar-refractivity contribution in [2.75, 3.05) is 23.3 Å². The molecule has 0 radical (unpaired) electrons. The van der Waals surface area contributed by atoms with Gasteiger partial charge in [-0.3, -0.25) is 9.78 Å². The number of hydrogen-bond donors (Lipinski definition) is 1. The third kappa shape index (κ3) is 4.31. The molecule has 2 rings (SSSR count). The van der Waals surface area contributed by atoms with E-state index >= 15 is 0 Å². The number of carbonyl (C=O) groups is 1. The second-order valence-electron chi connectivity index (χ2n) is 4.77. The molecule has 21 heavy (non-hydrogen) atoms. The maximum absolute atomic E-state index is 12.0. The molecule has 0 aliphatic heterocycles. The van der Waals surface area contributed by atoms with Gasteiger partial charge in [0.2, 0.25) is 5.91 Å². The van der Waals surface area contributed by atoms with E-state index in [4.69, 9.17) is 0 Å². The summed E-state index contributed by atoms with van der Waals surface area (Å²) in [5.74, 6) is -0.0516. The highest BCUT2D eigenvalue weighted by Gasteiger charge is 2.06. The summed E-state index contributed by atoms with van der Waals surface area (Å²) in [7, 11) is 0. The molecule has 4 heteroatoms. The molecule has 2 aromatic rings. The van der Waals surface area contributed by atoms with Gasteiger partial charge in [0.15, 0.2) is 0 Å². The van der Waals surface area contributed by atoms with Gasteiger partial charge in [0.05, 0.1) is 6.42 Å². The van der Waals surface area contributed by atoms with E-state index in [-0.39, 0.29) is 5.91 Å². The molecule has 0 aliphatic carbocycles. The molecule has 1 N–H and O–H groups in total. The summed E-state index contributed by atoms with van der Waals surface area (Å²) >= 11 is 0. The van der Waals surface area contributed by atoms with Crippen LogP contribution < -0.4 is 10.2 Å². The third-order valence-electron chi connectivity index (χ3n) is 3.35. The number of anilines is 2. The standard InChI is InChI=1S/C17H21N3O/c1-3-20(4-2)16-10-8-14(9-11-16)19-17(21)13-15-7-5-6-12-18-15/h5-12H,3-4,13H2,1-2H3,(H,19,21). The molecule has 0 bridgehead atoms. The maximum Gasteiger partial charge on any atom is 0.230 e. The molecule has 0 spiro atoms. The van der Waals surface area contributed by atoms with Gasteiger partial charge >= 0.3 is 0 Å². The number of carbonyl (C=O) groups excluding carboxylic acids is 1. The van der Waals surface area contributed by atoms with Crippen LogP contribution in [0.1, 0.15) is 19.5 Å². The Morgan fingerprint density at radius 2 is 1.81 bits per heavy atom. The zero-order valence-corrected chi connectivity index (χ0v) is 12.5. The van der Waals surface area contributed by atoms with Gasteiger partial charge in [-0.25, -0.2) is 0 Å². The molecule has 110 valence electrons. The first-order chi connectivity index (χ1) is 10.2. The first-order valence-corrected chi connectivity index (χ1v) is 7.27. The first-order valence-electron chi connectivity index (χ1n) is 7.27. The Morgan fingerprint density at radius 3 is 2.38 bits per heavy atom. The van der Waals surface area contributed by atoms with Crippen LogP contribution in [0, 0.1) is 0 Å². The minimum absolute atomic E-state index is 0.0516. The van der Waals surface area contributed by atoms with E-state index < -0.39 is 0 Å². The molecule has 0 aliphatic rings. The Balaban J connectivity index is 1.95. The van der Waals surface area contributed by atoms with Gasteiger partial charge in [0.1, 0.15) is 0 Å². The van der Waals surface area contributed by atoms with Crippen molar-refractivity contribution in [3.63, 3.8) is 0 Å². The van der Waals surface area contributed by atoms with Gasteiger partial charge < -0.3 is 10.2 Å². The smallest absolute Gasteiger partial charge is 0.230 e. The number of nitrogens with one attached hydrogen (secondary N) is 1. The van der Waals surface area contributed by atoms with Crippen molar-refractivity contribution < 1.29 is 4.79 Å². The Kier molecular flexibility index (Phi) is 5.32. The number of aromatic nitrogens is 1. The van der Waals surface area contributed by atoms with Crippen molar-refractivity contribution >= 4 is 17.3 Å². The molecule has 0 unspecified atom stereocenters. The summed E-state index contributed by atoms with van der Waals surface area (Å²) in [5.41, 5.74) is 2.75. The van der Waals surface area contributed by atoms with Crippen molar-refractivity contribution in [3.8, 4) is 0 Å². The summed E-state index contributed by atoms with van der Waals surface area (Å²) in [5, 5.41) is 2.90. The SMILES string of the molecule is CCN(CC)c1ccc(NC(=O)Cc2ccccn2)cc1. The molecular formula is C17H21N3O. The van der Waals surface area contributed by atoms with Gasteiger partial charge in [-0.15, -0.1) is 0 Å². The predicted octanol–water partition coefficient (Wildman–Crippen LogP) is 3.11. The van der Waals surface area contributed by atoms with Gasteiger partial charge in [0.25, 0.3) is 0 Å². The average Bonchev–Trinajstić information content (AvgIpc) is 2.51. The molecule has 1 heterocycles. The Hall–Kier alpha value is -2.36. The highest BCUT2D eigenvalue weighted by molar-refractivity contribution is 5.92. The van der Waals surface area contributed by atoms with E-state index in [1.165, 1.54) is 5.69 Å². The number of nitrogens with zero attached hydrogens (tertiary/aromatic N) is 2. The highest BCUT2D eigenvalue weighted by atomic mass is 16.1. The second-order valence-corrected chi connectivity index (χ2v) is 4.77. The van der Waals surface area contributed by atoms with Crippen LogP contribution in [0.3, 0.4) is 0 Å². The summed E-state index contributed by atoms with van der Waals surface area (Å²) < 4.78 is 0. The van der Waals surface area contributed by atoms with Crippen LogP contribution in [0.25, 0.3) is 0 Å². The lowest BCUT2D eigenvalue weighted by molar-refractivity contribution is -0.115. The minimum Gasteiger partial charge on any atom is -0.372 e. The molecular weight excluding hydrogens is 262 g/mol. The van der Waals surface area contributed by atoms with E-state index in [1.807, 2.05) is 42.5 Å². The van der Waals surface area contributed by atoms with E-state index in [9.17, 15) is 4.79 Å². The first kappa shape index (κ1) is 15.0. The van der Waals surface area contributed by atoms with Crippen LogP contribution in [0.4, 0.5) is 11.4 Å². The lowest BCUT2D eigenvalue weighted by Gasteiger charge is -2.21. The largest absolute Gasteiger partial charge is 0.372 e. The summed E-state index contributed by atoms with van der Waals surface area (Å²) in [6, 6.07) is 13.5. The zero-order chi connectivity index (χ0) is 15.1. The fourth-order valence-corrected chi connectivity index (χ4v) is 2.22. The van der Waals surface area contributed by atoms with Crippen LogP contribution in [-0.2, 0) is 11.2 Å². The fourth-order valence-electron chi connectivity index (χ4n) is 2.22. The van der Waals surface area contributed by atoms with Gasteiger partial charge in [-0.05, 0) is 50.2 Å². The topological polar surface area (TPSA) is 45.2 Å². The normalized spacial score (nSPS) is 10.2. The second kappa shape index (κ2) is 7.43. The molecule has 1 aromatic carbocycles. The Labute approximate surface area is 125 Å². The number of benzene rings is 1. The minimum atomic E-state index is -0.0516. The van der Waals surface area contributed by atoms with E-state index in [2.05, 4.69) is 29.0 Å². The van der Waals surface area contributed by atoms with Crippen molar-refractivity contribution in [2.24, 2.45) is 0 Å². The Morgan fingerprint density at radius 1 is 1.10 bits per heavy atom. The molecule has 4 nitrogen and oxygen atoms in total. The summed E-state index contributed by atoms with van der Waals surface area (Å²) in [4.78, 5) is 18.4. The quantitative estimate of drug-likeness (QED) is 0.886. The number of pyridine rings is 1. The molecule has 0 saturated heterocycles. The van der Waals surface area contributed by atoms with Crippen LogP contribution in [-0.4, -0.2) is 24.0 Å². The summed E-state index contributed by atoms with van der Waals surface area (Å²) in [6.45, 7) is 6.21. The average molecular weight is 283 g/mol.